The van der Waals surface area contributed by atoms with Crippen LogP contribution in [0.1, 0.15) is 32.8 Å². The van der Waals surface area contributed by atoms with Crippen LogP contribution in [0.4, 0.5) is 0 Å². The number of carboxylic acid groups (broad SMARTS) is 1. The Morgan fingerprint density at radius 3 is 2.67 bits per heavy atom. The molecule has 27 heavy (non-hydrogen) atoms. The van der Waals surface area contributed by atoms with Crippen LogP contribution in [0.15, 0.2) is 23.1 Å². The van der Waals surface area contributed by atoms with E-state index in [1.165, 1.54) is 0 Å². The molecule has 1 aliphatic heterocycles. The zero-order valence-electron chi connectivity index (χ0n) is 15.7. The van der Waals surface area contributed by atoms with Gasteiger partial charge in [-0.1, -0.05) is 56.9 Å². The number of amides is 1. The van der Waals surface area contributed by atoms with Gasteiger partial charge in [0, 0.05) is 5.56 Å². The number of ether oxygens (including phenoxy) is 2. The smallest absolute Gasteiger partial charge is 0.266 e. The summed E-state index contributed by atoms with van der Waals surface area (Å²) >= 11 is 6.32. The van der Waals surface area contributed by atoms with Crippen LogP contribution in [0.2, 0.25) is 0 Å². The predicted octanol–water partition coefficient (Wildman–Crippen LogP) is 2.46. The standard InChI is InChI=1S/C19H23NO5S2/c1-5-9-25-16-12(7-6-8-13(16)24-4)10-14-17(21)20(19(26)27-14)15(11(2)3)18(22)23/h6-8,10-11,15H,5,9H2,1-4H3,(H,22,23)/p-1/b14-10-/t15-/m1/s1. The number of carbonyl (C=O) groups is 2. The number of benzene rings is 1. The number of thiocarbonyl (C=S) groups is 1. The summed E-state index contributed by atoms with van der Waals surface area (Å²) in [5.41, 5.74) is 0.665. The summed E-state index contributed by atoms with van der Waals surface area (Å²) in [7, 11) is 1.55. The number of methoxy groups -OCH3 is 1. The molecule has 1 heterocycles. The minimum Gasteiger partial charge on any atom is -0.548 e. The number of thioether (sulfide) groups is 1. The zero-order valence-corrected chi connectivity index (χ0v) is 17.3. The van der Waals surface area contributed by atoms with Gasteiger partial charge in [0.05, 0.1) is 30.6 Å². The first-order chi connectivity index (χ1) is 12.8. The second-order valence-electron chi connectivity index (χ2n) is 6.29. The molecule has 0 radical (unpaired) electrons. The number of rotatable bonds is 8. The molecule has 2 rings (SSSR count). The second kappa shape index (κ2) is 9.23. The van der Waals surface area contributed by atoms with Crippen molar-refractivity contribution in [1.29, 1.82) is 0 Å². The third-order valence-corrected chi connectivity index (χ3v) is 5.27. The lowest BCUT2D eigenvalue weighted by Crippen LogP contribution is -2.52. The monoisotopic (exact) mass is 408 g/mol. The van der Waals surface area contributed by atoms with Crippen molar-refractivity contribution in [3.05, 3.63) is 28.7 Å². The molecule has 1 aliphatic rings. The van der Waals surface area contributed by atoms with Gasteiger partial charge < -0.3 is 19.4 Å². The lowest BCUT2D eigenvalue weighted by atomic mass is 10.0. The van der Waals surface area contributed by atoms with Gasteiger partial charge in [0.15, 0.2) is 11.5 Å². The highest BCUT2D eigenvalue weighted by atomic mass is 32.2. The van der Waals surface area contributed by atoms with Gasteiger partial charge in [-0.3, -0.25) is 9.69 Å². The molecule has 0 N–H and O–H groups in total. The van der Waals surface area contributed by atoms with E-state index in [1.807, 2.05) is 6.92 Å². The number of para-hydroxylation sites is 1. The van der Waals surface area contributed by atoms with Gasteiger partial charge in [-0.05, 0) is 24.5 Å². The molecule has 6 nitrogen and oxygen atoms in total. The average molecular weight is 409 g/mol. The molecule has 8 heteroatoms. The minimum atomic E-state index is -1.32. The fourth-order valence-electron chi connectivity index (χ4n) is 2.70. The molecular formula is C19H22NO5S2-. The molecular weight excluding hydrogens is 386 g/mol. The van der Waals surface area contributed by atoms with Gasteiger partial charge in [0.2, 0.25) is 0 Å². The highest BCUT2D eigenvalue weighted by Gasteiger charge is 2.39. The quantitative estimate of drug-likeness (QED) is 0.483. The normalized spacial score (nSPS) is 16.9. The summed E-state index contributed by atoms with van der Waals surface area (Å²) in [6, 6.07) is 4.27. The first-order valence-electron chi connectivity index (χ1n) is 8.59. The Morgan fingerprint density at radius 1 is 1.41 bits per heavy atom. The maximum absolute atomic E-state index is 12.8. The van der Waals surface area contributed by atoms with Crippen molar-refractivity contribution in [2.24, 2.45) is 5.92 Å². The van der Waals surface area contributed by atoms with Crippen LogP contribution in [0, 0.1) is 5.92 Å². The van der Waals surface area contributed by atoms with Crippen molar-refractivity contribution in [1.82, 2.24) is 4.90 Å². The first kappa shape index (κ1) is 21.2. The van der Waals surface area contributed by atoms with Gasteiger partial charge in [-0.25, -0.2) is 0 Å². The molecule has 0 aliphatic carbocycles. The van der Waals surface area contributed by atoms with E-state index in [-0.39, 0.29) is 10.2 Å². The summed E-state index contributed by atoms with van der Waals surface area (Å²) in [6.07, 6.45) is 2.47. The lowest BCUT2D eigenvalue weighted by molar-refractivity contribution is -0.311. The highest BCUT2D eigenvalue weighted by Crippen LogP contribution is 2.38. The van der Waals surface area contributed by atoms with Crippen LogP contribution in [0.3, 0.4) is 0 Å². The van der Waals surface area contributed by atoms with Crippen molar-refractivity contribution >= 4 is 46.3 Å². The molecule has 0 spiro atoms. The van der Waals surface area contributed by atoms with Gasteiger partial charge in [0.25, 0.3) is 5.91 Å². The molecule has 0 unspecified atom stereocenters. The molecule has 1 saturated heterocycles. The fraction of sp³-hybridized carbons (Fsp3) is 0.421. The Labute approximate surface area is 168 Å². The van der Waals surface area contributed by atoms with Crippen LogP contribution in [-0.4, -0.2) is 40.9 Å². The topological polar surface area (TPSA) is 78.9 Å². The van der Waals surface area contributed by atoms with E-state index in [9.17, 15) is 14.7 Å². The summed E-state index contributed by atoms with van der Waals surface area (Å²) in [5.74, 6) is -1.01. The molecule has 1 fully saturated rings. The summed E-state index contributed by atoms with van der Waals surface area (Å²) in [5, 5.41) is 11.5. The van der Waals surface area contributed by atoms with Gasteiger partial charge >= 0.3 is 0 Å². The highest BCUT2D eigenvalue weighted by molar-refractivity contribution is 8.26. The molecule has 1 aromatic rings. The van der Waals surface area contributed by atoms with E-state index >= 15 is 0 Å². The zero-order chi connectivity index (χ0) is 20.1. The molecule has 1 amide bonds. The van der Waals surface area contributed by atoms with Crippen molar-refractivity contribution in [2.75, 3.05) is 13.7 Å². The molecule has 0 saturated carbocycles. The van der Waals surface area contributed by atoms with E-state index in [4.69, 9.17) is 21.7 Å². The number of aliphatic carboxylic acids is 1. The van der Waals surface area contributed by atoms with Gasteiger partial charge in [-0.2, -0.15) is 0 Å². The van der Waals surface area contributed by atoms with Crippen molar-refractivity contribution in [3.63, 3.8) is 0 Å². The Hall–Kier alpha value is -2.06. The lowest BCUT2D eigenvalue weighted by Gasteiger charge is -2.30. The Kier molecular flexibility index (Phi) is 7.26. The van der Waals surface area contributed by atoms with Crippen molar-refractivity contribution in [2.45, 2.75) is 33.2 Å². The summed E-state index contributed by atoms with van der Waals surface area (Å²) < 4.78 is 11.3. The number of hydrogen-bond acceptors (Lipinski definition) is 7. The molecule has 1 atom stereocenters. The molecule has 146 valence electrons. The number of carbonyl (C=O) groups excluding carboxylic acids is 2. The van der Waals surface area contributed by atoms with E-state index in [2.05, 4.69) is 0 Å². The fourth-order valence-corrected chi connectivity index (χ4v) is 4.02. The Bertz CT molecular complexity index is 775. The maximum Gasteiger partial charge on any atom is 0.266 e. The predicted molar refractivity (Wildman–Crippen MR) is 107 cm³/mol. The third-order valence-electron chi connectivity index (χ3n) is 3.94. The summed E-state index contributed by atoms with van der Waals surface area (Å²) in [6.45, 7) is 5.91. The Balaban J connectivity index is 2.42. The molecule has 0 aromatic heterocycles. The van der Waals surface area contributed by atoms with Crippen LogP contribution in [-0.2, 0) is 9.59 Å². The Morgan fingerprint density at radius 2 is 2.11 bits per heavy atom. The maximum atomic E-state index is 12.8. The number of carboxylic acids is 1. The molecule has 1 aromatic carbocycles. The number of hydrogen-bond donors (Lipinski definition) is 0. The number of nitrogens with zero attached hydrogens (tertiary/aromatic N) is 1. The summed E-state index contributed by atoms with van der Waals surface area (Å²) in [4.78, 5) is 25.8. The second-order valence-corrected chi connectivity index (χ2v) is 7.96. The minimum absolute atomic E-state index is 0.202. The van der Waals surface area contributed by atoms with E-state index in [1.54, 1.807) is 45.2 Å². The SMILES string of the molecule is CCCOc1c(/C=C2\SC(=S)N([C@@H](C(=O)[O-])C(C)C)C2=O)cccc1OC. The third kappa shape index (κ3) is 4.62. The van der Waals surface area contributed by atoms with Crippen LogP contribution >= 0.6 is 24.0 Å². The van der Waals surface area contributed by atoms with Crippen LogP contribution in [0.5, 0.6) is 11.5 Å². The van der Waals surface area contributed by atoms with Crippen LogP contribution in [0.25, 0.3) is 6.08 Å². The average Bonchev–Trinajstić information content (AvgIpc) is 2.87. The van der Waals surface area contributed by atoms with Crippen molar-refractivity contribution in [3.8, 4) is 11.5 Å². The van der Waals surface area contributed by atoms with Crippen LogP contribution < -0.4 is 14.6 Å². The molecule has 0 bridgehead atoms. The van der Waals surface area contributed by atoms with E-state index in [0.29, 0.717) is 28.6 Å². The van der Waals surface area contributed by atoms with E-state index < -0.39 is 17.9 Å². The van der Waals surface area contributed by atoms with Gasteiger partial charge in [0.1, 0.15) is 4.32 Å². The van der Waals surface area contributed by atoms with Gasteiger partial charge in [-0.15, -0.1) is 0 Å². The van der Waals surface area contributed by atoms with Crippen molar-refractivity contribution < 1.29 is 24.2 Å². The largest absolute Gasteiger partial charge is 0.548 e. The van der Waals surface area contributed by atoms with E-state index in [0.717, 1.165) is 23.1 Å². The first-order valence-corrected chi connectivity index (χ1v) is 9.82.